The number of nitrogens with zero attached hydrogens (tertiary/aromatic N) is 1. The molecule has 2 N–H and O–H groups in total. The normalized spacial score (nSPS) is 13.2. The number of pyridine rings is 1. The van der Waals surface area contributed by atoms with E-state index in [1.165, 1.54) is 6.07 Å². The monoisotopic (exact) mass is 284 g/mol. The standard InChI is InChI=1S/C14H21ClN2O2/c1-5-10(8-18)16-13(19)9-6-11(14(2,3)4)17-12(15)7-9/h6-7,10,18H,5,8H2,1-4H3,(H,16,19)/t10-/m0/s1. The van der Waals surface area contributed by atoms with Gasteiger partial charge in [0.15, 0.2) is 0 Å². The topological polar surface area (TPSA) is 62.2 Å². The van der Waals surface area contributed by atoms with Gasteiger partial charge in [-0.25, -0.2) is 4.98 Å². The van der Waals surface area contributed by atoms with Crippen LogP contribution in [-0.4, -0.2) is 28.6 Å². The molecule has 4 nitrogen and oxygen atoms in total. The lowest BCUT2D eigenvalue weighted by Crippen LogP contribution is -2.37. The van der Waals surface area contributed by atoms with Crippen molar-refractivity contribution < 1.29 is 9.90 Å². The number of carbonyl (C=O) groups excluding carboxylic acids is 1. The highest BCUT2D eigenvalue weighted by Gasteiger charge is 2.19. The molecule has 1 rings (SSSR count). The molecule has 0 aliphatic carbocycles. The maximum atomic E-state index is 12.1. The Balaban J connectivity index is 3.01. The van der Waals surface area contributed by atoms with Gasteiger partial charge in [0.25, 0.3) is 5.91 Å². The summed E-state index contributed by atoms with van der Waals surface area (Å²) in [6.07, 6.45) is 0.674. The Morgan fingerprint density at radius 2 is 2.11 bits per heavy atom. The first kappa shape index (κ1) is 15.9. The number of halogens is 1. The van der Waals surface area contributed by atoms with E-state index >= 15 is 0 Å². The highest BCUT2D eigenvalue weighted by molar-refractivity contribution is 6.29. The third-order valence-corrected chi connectivity index (χ3v) is 3.07. The summed E-state index contributed by atoms with van der Waals surface area (Å²) in [4.78, 5) is 16.3. The number of hydrogen-bond donors (Lipinski definition) is 2. The Bertz CT molecular complexity index is 451. The van der Waals surface area contributed by atoms with E-state index in [4.69, 9.17) is 16.7 Å². The largest absolute Gasteiger partial charge is 0.394 e. The van der Waals surface area contributed by atoms with E-state index < -0.39 is 0 Å². The molecule has 0 aromatic carbocycles. The van der Waals surface area contributed by atoms with E-state index in [1.54, 1.807) is 6.07 Å². The van der Waals surface area contributed by atoms with Crippen LogP contribution in [-0.2, 0) is 5.41 Å². The van der Waals surface area contributed by atoms with Crippen molar-refractivity contribution in [3.8, 4) is 0 Å². The average molecular weight is 285 g/mol. The van der Waals surface area contributed by atoms with Gasteiger partial charge in [0.2, 0.25) is 0 Å². The minimum absolute atomic E-state index is 0.0762. The number of carbonyl (C=O) groups is 1. The lowest BCUT2D eigenvalue weighted by atomic mass is 9.91. The highest BCUT2D eigenvalue weighted by Crippen LogP contribution is 2.23. The minimum Gasteiger partial charge on any atom is -0.394 e. The van der Waals surface area contributed by atoms with Crippen LogP contribution < -0.4 is 5.32 Å². The first-order chi connectivity index (χ1) is 8.77. The number of amides is 1. The Morgan fingerprint density at radius 1 is 1.47 bits per heavy atom. The number of nitrogens with one attached hydrogen (secondary N) is 1. The van der Waals surface area contributed by atoms with Crippen molar-refractivity contribution in [1.82, 2.24) is 10.3 Å². The van der Waals surface area contributed by atoms with Crippen molar-refractivity contribution in [2.75, 3.05) is 6.61 Å². The van der Waals surface area contributed by atoms with Crippen LogP contribution in [0.2, 0.25) is 5.15 Å². The van der Waals surface area contributed by atoms with E-state index in [0.29, 0.717) is 17.1 Å². The average Bonchev–Trinajstić information content (AvgIpc) is 2.33. The lowest BCUT2D eigenvalue weighted by molar-refractivity contribution is 0.0914. The Hall–Kier alpha value is -1.13. The summed E-state index contributed by atoms with van der Waals surface area (Å²) in [5, 5.41) is 12.2. The molecule has 1 atom stereocenters. The molecule has 0 aliphatic heterocycles. The Labute approximate surface area is 119 Å². The van der Waals surface area contributed by atoms with Crippen LogP contribution >= 0.6 is 11.6 Å². The Morgan fingerprint density at radius 3 is 2.58 bits per heavy atom. The summed E-state index contributed by atoms with van der Waals surface area (Å²) in [7, 11) is 0. The molecule has 106 valence electrons. The molecule has 0 saturated carbocycles. The number of aliphatic hydroxyl groups excluding tert-OH is 1. The summed E-state index contributed by atoms with van der Waals surface area (Å²) in [6, 6.07) is 3.04. The van der Waals surface area contributed by atoms with Crippen LogP contribution in [0.3, 0.4) is 0 Å². The second kappa shape index (κ2) is 6.35. The summed E-state index contributed by atoms with van der Waals surface area (Å²) in [5.41, 5.74) is 1.06. The van der Waals surface area contributed by atoms with Gasteiger partial charge in [-0.2, -0.15) is 0 Å². The predicted molar refractivity (Wildman–Crippen MR) is 76.6 cm³/mol. The molecule has 0 unspecified atom stereocenters. The minimum atomic E-state index is -0.240. The fourth-order valence-corrected chi connectivity index (χ4v) is 1.77. The third-order valence-electron chi connectivity index (χ3n) is 2.87. The highest BCUT2D eigenvalue weighted by atomic mass is 35.5. The molecule has 0 aliphatic rings. The van der Waals surface area contributed by atoms with Crippen LogP contribution in [0.4, 0.5) is 0 Å². The van der Waals surface area contributed by atoms with Crippen molar-refractivity contribution >= 4 is 17.5 Å². The molecule has 1 heterocycles. The quantitative estimate of drug-likeness (QED) is 0.835. The molecule has 1 aromatic heterocycles. The van der Waals surface area contributed by atoms with Crippen LogP contribution in [0, 0.1) is 0 Å². The number of aliphatic hydroxyl groups is 1. The number of aromatic nitrogens is 1. The second-order valence-electron chi connectivity index (χ2n) is 5.57. The zero-order chi connectivity index (χ0) is 14.6. The zero-order valence-corrected chi connectivity index (χ0v) is 12.6. The van der Waals surface area contributed by atoms with Crippen molar-refractivity contribution in [2.24, 2.45) is 0 Å². The van der Waals surface area contributed by atoms with E-state index in [9.17, 15) is 4.79 Å². The van der Waals surface area contributed by atoms with Crippen LogP contribution in [0.1, 0.15) is 50.2 Å². The van der Waals surface area contributed by atoms with Gasteiger partial charge in [0.05, 0.1) is 12.6 Å². The summed E-state index contributed by atoms with van der Waals surface area (Å²) in [6.45, 7) is 7.86. The van der Waals surface area contributed by atoms with E-state index in [-0.39, 0.29) is 24.0 Å². The van der Waals surface area contributed by atoms with Gasteiger partial charge in [-0.05, 0) is 18.6 Å². The van der Waals surface area contributed by atoms with Crippen molar-refractivity contribution in [3.63, 3.8) is 0 Å². The fourth-order valence-electron chi connectivity index (χ4n) is 1.56. The van der Waals surface area contributed by atoms with Gasteiger partial charge < -0.3 is 10.4 Å². The maximum absolute atomic E-state index is 12.1. The fraction of sp³-hybridized carbons (Fsp3) is 0.571. The van der Waals surface area contributed by atoms with Gasteiger partial charge in [0.1, 0.15) is 5.15 Å². The molecule has 0 bridgehead atoms. The van der Waals surface area contributed by atoms with E-state index in [2.05, 4.69) is 10.3 Å². The first-order valence-electron chi connectivity index (χ1n) is 6.37. The molecule has 0 radical (unpaired) electrons. The second-order valence-corrected chi connectivity index (χ2v) is 5.96. The zero-order valence-electron chi connectivity index (χ0n) is 11.8. The van der Waals surface area contributed by atoms with Crippen LogP contribution in [0.5, 0.6) is 0 Å². The van der Waals surface area contributed by atoms with E-state index in [0.717, 1.165) is 5.69 Å². The lowest BCUT2D eigenvalue weighted by Gasteiger charge is -2.19. The molecule has 1 aromatic rings. The molecule has 0 spiro atoms. The van der Waals surface area contributed by atoms with E-state index in [1.807, 2.05) is 27.7 Å². The summed E-state index contributed by atoms with van der Waals surface area (Å²) < 4.78 is 0. The number of rotatable bonds is 4. The molecule has 0 saturated heterocycles. The Kier molecular flexibility index (Phi) is 5.32. The van der Waals surface area contributed by atoms with Crippen molar-refractivity contribution in [2.45, 2.75) is 45.6 Å². The van der Waals surface area contributed by atoms with Gasteiger partial charge in [-0.15, -0.1) is 0 Å². The molecule has 0 fully saturated rings. The van der Waals surface area contributed by atoms with Crippen LogP contribution in [0.25, 0.3) is 0 Å². The van der Waals surface area contributed by atoms with Crippen molar-refractivity contribution in [1.29, 1.82) is 0 Å². The van der Waals surface area contributed by atoms with Gasteiger partial charge in [0, 0.05) is 16.7 Å². The molecule has 5 heteroatoms. The molecule has 19 heavy (non-hydrogen) atoms. The summed E-state index contributed by atoms with van der Waals surface area (Å²) >= 11 is 5.96. The van der Waals surface area contributed by atoms with Crippen molar-refractivity contribution in [3.05, 3.63) is 28.5 Å². The number of hydrogen-bond acceptors (Lipinski definition) is 3. The SMILES string of the molecule is CC[C@@H](CO)NC(=O)c1cc(Cl)nc(C(C)(C)C)c1. The maximum Gasteiger partial charge on any atom is 0.251 e. The van der Waals surface area contributed by atoms with Gasteiger partial charge >= 0.3 is 0 Å². The smallest absolute Gasteiger partial charge is 0.251 e. The van der Waals surface area contributed by atoms with Crippen LogP contribution in [0.15, 0.2) is 12.1 Å². The first-order valence-corrected chi connectivity index (χ1v) is 6.75. The van der Waals surface area contributed by atoms with Gasteiger partial charge in [-0.1, -0.05) is 39.3 Å². The van der Waals surface area contributed by atoms with Gasteiger partial charge in [-0.3, -0.25) is 4.79 Å². The predicted octanol–water partition coefficient (Wildman–Crippen LogP) is 2.53. The molecule has 1 amide bonds. The third kappa shape index (κ3) is 4.48. The molecular formula is C14H21ClN2O2. The molecular weight excluding hydrogens is 264 g/mol. The summed E-state index contributed by atoms with van der Waals surface area (Å²) in [5.74, 6) is -0.240.